The lowest BCUT2D eigenvalue weighted by atomic mass is 10.3. The predicted octanol–water partition coefficient (Wildman–Crippen LogP) is 1.16. The Labute approximate surface area is 112 Å². The van der Waals surface area contributed by atoms with Gasteiger partial charge in [0.2, 0.25) is 5.84 Å². The van der Waals surface area contributed by atoms with Gasteiger partial charge in [0.1, 0.15) is 0 Å². The first kappa shape index (κ1) is 13.4. The van der Waals surface area contributed by atoms with Gasteiger partial charge in [0.05, 0.1) is 12.1 Å². The van der Waals surface area contributed by atoms with E-state index < -0.39 is 0 Å². The summed E-state index contributed by atoms with van der Waals surface area (Å²) in [6.45, 7) is 7.67. The number of aromatic nitrogens is 2. The molecular weight excluding hydrogens is 244 g/mol. The molecule has 7 heteroatoms. The predicted molar refractivity (Wildman–Crippen MR) is 71.2 cm³/mol. The molecule has 0 unspecified atom stereocenters. The van der Waals surface area contributed by atoms with Gasteiger partial charge >= 0.3 is 6.03 Å². The Kier molecular flexibility index (Phi) is 3.46. The molecule has 2 amide bonds. The Morgan fingerprint density at radius 3 is 2.21 bits per heavy atom. The van der Waals surface area contributed by atoms with Crippen LogP contribution in [0.4, 0.5) is 4.79 Å². The number of nitrogens with zero attached hydrogens (tertiary/aromatic N) is 6. The highest BCUT2D eigenvalue weighted by atomic mass is 16.2. The second-order valence-corrected chi connectivity index (χ2v) is 5.04. The summed E-state index contributed by atoms with van der Waals surface area (Å²) in [5, 5.41) is 7.19. The Morgan fingerprint density at radius 1 is 1.11 bits per heavy atom. The van der Waals surface area contributed by atoms with Gasteiger partial charge in [-0.3, -0.25) is 0 Å². The van der Waals surface area contributed by atoms with Crippen LogP contribution in [0, 0.1) is 0 Å². The van der Waals surface area contributed by atoms with E-state index in [-0.39, 0.29) is 18.1 Å². The third-order valence-corrected chi connectivity index (χ3v) is 2.80. The second-order valence-electron chi connectivity index (χ2n) is 5.04. The van der Waals surface area contributed by atoms with Crippen LogP contribution in [0.1, 0.15) is 33.5 Å². The van der Waals surface area contributed by atoms with Crippen LogP contribution in [0.5, 0.6) is 0 Å². The number of carbonyl (C=O) groups excluding carboxylic acids is 1. The first-order chi connectivity index (χ1) is 8.91. The number of aryl methyl sites for hydroxylation is 1. The number of rotatable bonds is 3. The molecule has 0 saturated carbocycles. The minimum absolute atomic E-state index is 0.0282. The van der Waals surface area contributed by atoms with E-state index in [0.29, 0.717) is 11.7 Å². The van der Waals surface area contributed by atoms with Crippen LogP contribution >= 0.6 is 0 Å². The van der Waals surface area contributed by atoms with Crippen molar-refractivity contribution >= 4 is 11.9 Å². The normalized spacial score (nSPS) is 16.2. The number of hydrogen-bond donors (Lipinski definition) is 0. The maximum atomic E-state index is 12.2. The van der Waals surface area contributed by atoms with Crippen LogP contribution in [0.3, 0.4) is 0 Å². The molecule has 0 saturated heterocycles. The van der Waals surface area contributed by atoms with E-state index in [9.17, 15) is 4.79 Å². The summed E-state index contributed by atoms with van der Waals surface area (Å²) in [4.78, 5) is 16.5. The van der Waals surface area contributed by atoms with Gasteiger partial charge in [-0.1, -0.05) is 0 Å². The number of hydrogen-bond acceptors (Lipinski definition) is 3. The summed E-state index contributed by atoms with van der Waals surface area (Å²) in [7, 11) is 1.87. The van der Waals surface area contributed by atoms with Gasteiger partial charge < -0.3 is 4.57 Å². The maximum absolute atomic E-state index is 12.2. The Hall–Kier alpha value is -2.05. The first-order valence-electron chi connectivity index (χ1n) is 6.32. The van der Waals surface area contributed by atoms with Gasteiger partial charge in [-0.15, -0.1) is 10.5 Å². The van der Waals surface area contributed by atoms with Gasteiger partial charge in [0.15, 0.2) is 5.82 Å². The van der Waals surface area contributed by atoms with Crippen LogP contribution in [0.15, 0.2) is 17.5 Å². The summed E-state index contributed by atoms with van der Waals surface area (Å²) in [6, 6.07) is -0.262. The molecule has 1 aliphatic rings. The van der Waals surface area contributed by atoms with Crippen LogP contribution in [-0.4, -0.2) is 43.5 Å². The molecule has 7 nitrogen and oxygen atoms in total. The molecule has 0 bridgehead atoms. The highest BCUT2D eigenvalue weighted by Crippen LogP contribution is 2.14. The van der Waals surface area contributed by atoms with E-state index in [1.54, 1.807) is 6.20 Å². The molecule has 0 aliphatic carbocycles. The molecule has 19 heavy (non-hydrogen) atoms. The zero-order valence-corrected chi connectivity index (χ0v) is 11.9. The van der Waals surface area contributed by atoms with Crippen molar-refractivity contribution in [1.82, 2.24) is 25.0 Å². The third kappa shape index (κ3) is 2.40. The molecule has 103 valence electrons. The lowest BCUT2D eigenvalue weighted by Crippen LogP contribution is -2.56. The van der Waals surface area contributed by atoms with E-state index in [0.717, 1.165) is 0 Å². The standard InChI is InChI=1S/C12H19N6O/c1-8(2)17-12(19)18(9(3)4)15-10(14-17)11-13-6-7-16(11)5/h6-9H,1-5H3. The number of hydrazone groups is 1. The molecule has 1 aliphatic heterocycles. The molecule has 0 aromatic carbocycles. The molecule has 1 aromatic rings. The minimum Gasteiger partial charge on any atom is -0.331 e. The zero-order chi connectivity index (χ0) is 14.2. The van der Waals surface area contributed by atoms with Crippen molar-refractivity contribution < 1.29 is 4.79 Å². The first-order valence-corrected chi connectivity index (χ1v) is 6.32. The third-order valence-electron chi connectivity index (χ3n) is 2.80. The van der Waals surface area contributed by atoms with Crippen molar-refractivity contribution in [1.29, 1.82) is 0 Å². The minimum atomic E-state index is -0.206. The average Bonchev–Trinajstić information content (AvgIpc) is 2.75. The van der Waals surface area contributed by atoms with Crippen molar-refractivity contribution in [2.24, 2.45) is 12.1 Å². The van der Waals surface area contributed by atoms with Gasteiger partial charge in [-0.25, -0.2) is 19.8 Å². The molecule has 2 rings (SSSR count). The largest absolute Gasteiger partial charge is 0.361 e. The molecular formula is C12H19N6O. The molecule has 0 atom stereocenters. The van der Waals surface area contributed by atoms with E-state index >= 15 is 0 Å². The highest BCUT2D eigenvalue weighted by molar-refractivity contribution is 5.98. The van der Waals surface area contributed by atoms with Gasteiger partial charge in [-0.2, -0.15) is 0 Å². The van der Waals surface area contributed by atoms with Gasteiger partial charge in [-0.05, 0) is 27.7 Å². The van der Waals surface area contributed by atoms with E-state index in [4.69, 9.17) is 0 Å². The quantitative estimate of drug-likeness (QED) is 0.821. The van der Waals surface area contributed by atoms with Crippen molar-refractivity contribution in [2.75, 3.05) is 0 Å². The van der Waals surface area contributed by atoms with Crippen LogP contribution in [-0.2, 0) is 7.05 Å². The van der Waals surface area contributed by atoms with Crippen molar-refractivity contribution in [3.05, 3.63) is 18.2 Å². The molecule has 0 spiro atoms. The van der Waals surface area contributed by atoms with E-state index in [1.165, 1.54) is 10.0 Å². The molecule has 1 radical (unpaired) electrons. The number of urea groups is 1. The monoisotopic (exact) mass is 263 g/mol. The van der Waals surface area contributed by atoms with Gasteiger partial charge in [0, 0.05) is 19.4 Å². The maximum Gasteiger partial charge on any atom is 0.361 e. The summed E-state index contributed by atoms with van der Waals surface area (Å²) >= 11 is 0. The lowest BCUT2D eigenvalue weighted by Gasteiger charge is -2.35. The summed E-state index contributed by atoms with van der Waals surface area (Å²) in [5.41, 5.74) is 4.31. The fraction of sp³-hybridized carbons (Fsp3) is 0.583. The summed E-state index contributed by atoms with van der Waals surface area (Å²) < 4.78 is 1.83. The van der Waals surface area contributed by atoms with E-state index in [1.807, 2.05) is 45.5 Å². The number of imidazole rings is 1. The number of amidine groups is 1. The van der Waals surface area contributed by atoms with Crippen LogP contribution in [0.2, 0.25) is 0 Å². The summed E-state index contributed by atoms with van der Waals surface area (Å²) in [6.07, 6.45) is 3.51. The number of carbonyl (C=O) groups is 1. The highest BCUT2D eigenvalue weighted by Gasteiger charge is 2.34. The van der Waals surface area contributed by atoms with Gasteiger partial charge in [0.25, 0.3) is 0 Å². The van der Waals surface area contributed by atoms with Crippen molar-refractivity contribution in [2.45, 2.75) is 39.8 Å². The smallest absolute Gasteiger partial charge is 0.331 e. The molecule has 2 heterocycles. The SMILES string of the molecule is CC(C)N1[N]C(c2nccn2C)=NN(C(C)C)C1=O. The summed E-state index contributed by atoms with van der Waals surface area (Å²) in [5.74, 6) is 1.10. The number of amides is 2. The molecule has 0 N–H and O–H groups in total. The molecule has 1 aromatic heterocycles. The Morgan fingerprint density at radius 2 is 1.74 bits per heavy atom. The Bertz CT molecular complexity index is 504. The fourth-order valence-corrected chi connectivity index (χ4v) is 1.76. The zero-order valence-electron chi connectivity index (χ0n) is 11.9. The fourth-order valence-electron chi connectivity index (χ4n) is 1.76. The van der Waals surface area contributed by atoms with Crippen LogP contribution in [0.25, 0.3) is 0 Å². The average molecular weight is 263 g/mol. The topological polar surface area (TPSA) is 67.8 Å². The van der Waals surface area contributed by atoms with Crippen molar-refractivity contribution in [3.8, 4) is 0 Å². The van der Waals surface area contributed by atoms with Crippen molar-refractivity contribution in [3.63, 3.8) is 0 Å². The second kappa shape index (κ2) is 4.91. The molecule has 0 fully saturated rings. The Balaban J connectivity index is 2.41. The lowest BCUT2D eigenvalue weighted by molar-refractivity contribution is 0.103. The van der Waals surface area contributed by atoms with E-state index in [2.05, 4.69) is 15.5 Å². The van der Waals surface area contributed by atoms with Crippen LogP contribution < -0.4 is 5.43 Å².